The highest BCUT2D eigenvalue weighted by atomic mass is 32.2. The normalized spacial score (nSPS) is 21.4. The highest BCUT2D eigenvalue weighted by Crippen LogP contribution is 2.23. The van der Waals surface area contributed by atoms with Crippen LogP contribution in [0.1, 0.15) is 39.3 Å². The van der Waals surface area contributed by atoms with Gasteiger partial charge in [-0.15, -0.1) is 0 Å². The van der Waals surface area contributed by atoms with Gasteiger partial charge in [-0.1, -0.05) is 20.8 Å². The Kier molecular flexibility index (Phi) is 6.05. The van der Waals surface area contributed by atoms with Gasteiger partial charge in [0.05, 0.1) is 18.9 Å². The van der Waals surface area contributed by atoms with E-state index in [2.05, 4.69) is 25.9 Å². The predicted octanol–water partition coefficient (Wildman–Crippen LogP) is 0.830. The molecular formula is C18H30N4O4S. The van der Waals surface area contributed by atoms with Crippen LogP contribution >= 0.6 is 0 Å². The van der Waals surface area contributed by atoms with Gasteiger partial charge in [0.1, 0.15) is 0 Å². The summed E-state index contributed by atoms with van der Waals surface area (Å²) < 4.78 is 35.3. The second-order valence-corrected chi connectivity index (χ2v) is 10.3. The van der Waals surface area contributed by atoms with Crippen molar-refractivity contribution in [2.45, 2.75) is 45.6 Å². The fourth-order valence-corrected chi connectivity index (χ4v) is 5.10. The Morgan fingerprint density at radius 2 is 1.67 bits per heavy atom. The molecule has 152 valence electrons. The topological polar surface area (TPSA) is 84.7 Å². The Hall–Kier alpha value is -1.29. The molecule has 0 amide bonds. The van der Waals surface area contributed by atoms with Crippen LogP contribution in [0.3, 0.4) is 0 Å². The van der Waals surface area contributed by atoms with Gasteiger partial charge < -0.3 is 4.74 Å². The fraction of sp³-hybridized carbons (Fsp3) is 0.778. The van der Waals surface area contributed by atoms with Crippen molar-refractivity contribution in [1.29, 1.82) is 0 Å². The molecule has 1 aromatic rings. The largest absolute Gasteiger partial charge is 0.379 e. The SMILES string of the molecule is CC(C)(C)c1ccc(=O)n(CC2CCN(S(=O)(=O)N3CCOCC3)CC2)n1. The molecule has 0 aliphatic carbocycles. The standard InChI is InChI=1S/C18H30N4O4S/c1-18(2,3)16-4-5-17(23)22(19-16)14-15-6-8-20(9-7-15)27(24,25)21-10-12-26-13-11-21/h4-5,15H,6-14H2,1-3H3. The number of hydrogen-bond acceptors (Lipinski definition) is 5. The van der Waals surface area contributed by atoms with Crippen LogP contribution in [0.2, 0.25) is 0 Å². The van der Waals surface area contributed by atoms with E-state index in [1.807, 2.05) is 0 Å². The van der Waals surface area contributed by atoms with E-state index in [1.54, 1.807) is 16.4 Å². The number of aromatic nitrogens is 2. The van der Waals surface area contributed by atoms with Gasteiger partial charge in [0, 0.05) is 44.2 Å². The van der Waals surface area contributed by atoms with Crippen molar-refractivity contribution in [2.75, 3.05) is 39.4 Å². The second-order valence-electron chi connectivity index (χ2n) is 8.35. The Morgan fingerprint density at radius 1 is 1.07 bits per heavy atom. The first kappa shape index (κ1) is 20.4. The van der Waals surface area contributed by atoms with E-state index in [0.717, 1.165) is 18.5 Å². The van der Waals surface area contributed by atoms with Crippen LogP contribution in [0.15, 0.2) is 16.9 Å². The van der Waals surface area contributed by atoms with E-state index in [0.29, 0.717) is 45.9 Å². The van der Waals surface area contributed by atoms with Crippen LogP contribution in [-0.4, -0.2) is 66.2 Å². The van der Waals surface area contributed by atoms with Gasteiger partial charge in [-0.2, -0.15) is 22.1 Å². The van der Waals surface area contributed by atoms with Crippen molar-refractivity contribution in [3.8, 4) is 0 Å². The molecule has 1 aromatic heterocycles. The summed E-state index contributed by atoms with van der Waals surface area (Å²) in [6.07, 6.45) is 1.47. The first-order chi connectivity index (χ1) is 12.7. The minimum Gasteiger partial charge on any atom is -0.379 e. The zero-order valence-electron chi connectivity index (χ0n) is 16.4. The monoisotopic (exact) mass is 398 g/mol. The maximum Gasteiger partial charge on any atom is 0.282 e. The molecule has 0 N–H and O–H groups in total. The third-order valence-electron chi connectivity index (χ3n) is 5.26. The molecule has 2 fully saturated rings. The Balaban J connectivity index is 1.62. The van der Waals surface area contributed by atoms with Crippen LogP contribution in [-0.2, 0) is 26.9 Å². The van der Waals surface area contributed by atoms with Crippen molar-refractivity contribution < 1.29 is 13.2 Å². The number of piperidine rings is 1. The van der Waals surface area contributed by atoms with Crippen LogP contribution in [0.5, 0.6) is 0 Å². The van der Waals surface area contributed by atoms with Gasteiger partial charge in [-0.3, -0.25) is 4.79 Å². The number of rotatable bonds is 4. The molecule has 0 aromatic carbocycles. The molecule has 9 heteroatoms. The molecule has 2 aliphatic rings. The molecule has 0 radical (unpaired) electrons. The quantitative estimate of drug-likeness (QED) is 0.750. The Labute approximate surface area is 161 Å². The highest BCUT2D eigenvalue weighted by molar-refractivity contribution is 7.86. The van der Waals surface area contributed by atoms with Crippen molar-refractivity contribution in [3.63, 3.8) is 0 Å². The molecule has 3 heterocycles. The number of ether oxygens (including phenoxy) is 1. The predicted molar refractivity (Wildman–Crippen MR) is 103 cm³/mol. The summed E-state index contributed by atoms with van der Waals surface area (Å²) in [5, 5.41) is 4.53. The van der Waals surface area contributed by atoms with Gasteiger partial charge in [0.15, 0.2) is 0 Å². The molecule has 0 unspecified atom stereocenters. The summed E-state index contributed by atoms with van der Waals surface area (Å²) in [4.78, 5) is 12.2. The lowest BCUT2D eigenvalue weighted by molar-refractivity contribution is 0.0691. The minimum atomic E-state index is -3.41. The fourth-order valence-electron chi connectivity index (χ4n) is 3.49. The molecule has 2 saturated heterocycles. The van der Waals surface area contributed by atoms with E-state index in [-0.39, 0.29) is 16.9 Å². The lowest BCUT2D eigenvalue weighted by Crippen LogP contribution is -2.51. The Morgan fingerprint density at radius 3 is 2.26 bits per heavy atom. The average molecular weight is 399 g/mol. The van der Waals surface area contributed by atoms with Gasteiger partial charge in [-0.25, -0.2) is 4.68 Å². The molecule has 3 rings (SSSR count). The average Bonchev–Trinajstić information content (AvgIpc) is 2.64. The van der Waals surface area contributed by atoms with Crippen molar-refractivity contribution in [2.24, 2.45) is 5.92 Å². The van der Waals surface area contributed by atoms with Crippen LogP contribution in [0, 0.1) is 5.92 Å². The third-order valence-corrected chi connectivity index (χ3v) is 7.30. The van der Waals surface area contributed by atoms with Gasteiger partial charge in [0.25, 0.3) is 15.8 Å². The molecule has 0 atom stereocenters. The van der Waals surface area contributed by atoms with Crippen molar-refractivity contribution >= 4 is 10.2 Å². The van der Waals surface area contributed by atoms with Gasteiger partial charge in [-0.05, 0) is 24.8 Å². The van der Waals surface area contributed by atoms with Crippen LogP contribution < -0.4 is 5.56 Å². The first-order valence-corrected chi connectivity index (χ1v) is 11.0. The van der Waals surface area contributed by atoms with E-state index < -0.39 is 10.2 Å². The molecule has 0 bridgehead atoms. The smallest absolute Gasteiger partial charge is 0.282 e. The number of nitrogens with zero attached hydrogens (tertiary/aromatic N) is 4. The van der Waals surface area contributed by atoms with Crippen molar-refractivity contribution in [1.82, 2.24) is 18.4 Å². The third kappa shape index (κ3) is 4.77. The number of morpholine rings is 1. The summed E-state index contributed by atoms with van der Waals surface area (Å²) in [5.74, 6) is 0.251. The van der Waals surface area contributed by atoms with Gasteiger partial charge in [0.2, 0.25) is 0 Å². The van der Waals surface area contributed by atoms with Gasteiger partial charge >= 0.3 is 0 Å². The summed E-state index contributed by atoms with van der Waals surface area (Å²) in [6, 6.07) is 3.36. The second kappa shape index (κ2) is 7.98. The van der Waals surface area contributed by atoms with Crippen LogP contribution in [0.25, 0.3) is 0 Å². The van der Waals surface area contributed by atoms with Crippen LogP contribution in [0.4, 0.5) is 0 Å². The molecule has 0 spiro atoms. The lowest BCUT2D eigenvalue weighted by atomic mass is 9.92. The molecule has 27 heavy (non-hydrogen) atoms. The first-order valence-electron chi connectivity index (χ1n) is 9.59. The summed E-state index contributed by atoms with van der Waals surface area (Å²) in [7, 11) is -3.41. The maximum absolute atomic E-state index is 12.7. The van der Waals surface area contributed by atoms with E-state index in [1.165, 1.54) is 8.99 Å². The number of hydrogen-bond donors (Lipinski definition) is 0. The zero-order valence-corrected chi connectivity index (χ0v) is 17.2. The highest BCUT2D eigenvalue weighted by Gasteiger charge is 2.34. The van der Waals surface area contributed by atoms with E-state index in [9.17, 15) is 13.2 Å². The van der Waals surface area contributed by atoms with E-state index in [4.69, 9.17) is 4.74 Å². The summed E-state index contributed by atoms with van der Waals surface area (Å²) in [5.41, 5.74) is 0.659. The minimum absolute atomic E-state index is 0.105. The zero-order chi connectivity index (χ0) is 19.7. The maximum atomic E-state index is 12.7. The Bertz CT molecular complexity index is 801. The summed E-state index contributed by atoms with van der Waals surface area (Å²) in [6.45, 7) is 9.45. The molecule has 0 saturated carbocycles. The summed E-state index contributed by atoms with van der Waals surface area (Å²) >= 11 is 0. The molecule has 8 nitrogen and oxygen atoms in total. The van der Waals surface area contributed by atoms with Crippen molar-refractivity contribution in [3.05, 3.63) is 28.2 Å². The lowest BCUT2D eigenvalue weighted by Gasteiger charge is -2.36. The molecular weight excluding hydrogens is 368 g/mol. The van der Waals surface area contributed by atoms with E-state index >= 15 is 0 Å². The molecule has 2 aliphatic heterocycles.